The van der Waals surface area contributed by atoms with Crippen LogP contribution in [0.2, 0.25) is 0 Å². The summed E-state index contributed by atoms with van der Waals surface area (Å²) in [5, 5.41) is 18.8. The zero-order valence-electron chi connectivity index (χ0n) is 6.50. The first-order chi connectivity index (χ1) is 5.61. The Morgan fingerprint density at radius 2 is 2.17 bits per heavy atom. The summed E-state index contributed by atoms with van der Waals surface area (Å²) in [6.07, 6.45) is 0. The van der Waals surface area contributed by atoms with E-state index in [-0.39, 0.29) is 0 Å². The molecule has 0 aliphatic heterocycles. The van der Waals surface area contributed by atoms with Crippen molar-refractivity contribution in [2.45, 2.75) is 13.0 Å². The van der Waals surface area contributed by atoms with Gasteiger partial charge >= 0.3 is 5.97 Å². The normalized spacial score (nSPS) is 10.8. The van der Waals surface area contributed by atoms with Crippen molar-refractivity contribution in [3.05, 3.63) is 0 Å². The van der Waals surface area contributed by atoms with E-state index < -0.39 is 24.5 Å². The number of amides is 1. The number of hydrogen-bond donors (Lipinski definition) is 3. The Bertz CT molecular complexity index is 238. The third-order valence-corrected chi connectivity index (χ3v) is 1.02. The molecule has 0 saturated carbocycles. The number of carboxylic acids is 1. The van der Waals surface area contributed by atoms with E-state index in [1.807, 2.05) is 5.32 Å². The summed E-state index contributed by atoms with van der Waals surface area (Å²) in [7, 11) is 0. The highest BCUT2D eigenvalue weighted by Gasteiger charge is 2.16. The number of nitrogens with one attached hydrogen (secondary N) is 1. The molecular weight excluding hydrogens is 162 g/mol. The third kappa shape index (κ3) is 3.58. The molecule has 0 fully saturated rings. The molecule has 0 rings (SSSR count). The zero-order valence-corrected chi connectivity index (χ0v) is 6.50. The summed E-state index contributed by atoms with van der Waals surface area (Å²) in [5.74, 6) is 2.39. The molecular formula is C7H9NO4. The van der Waals surface area contributed by atoms with Gasteiger partial charge in [-0.1, -0.05) is 5.92 Å². The van der Waals surface area contributed by atoms with Crippen molar-refractivity contribution in [3.8, 4) is 11.8 Å². The fourth-order valence-electron chi connectivity index (χ4n) is 0.493. The van der Waals surface area contributed by atoms with E-state index in [2.05, 4.69) is 11.8 Å². The molecule has 0 saturated heterocycles. The van der Waals surface area contributed by atoms with Gasteiger partial charge in [0.2, 0.25) is 0 Å². The Morgan fingerprint density at radius 1 is 1.58 bits per heavy atom. The van der Waals surface area contributed by atoms with Gasteiger partial charge in [-0.25, -0.2) is 4.79 Å². The van der Waals surface area contributed by atoms with Gasteiger partial charge in [-0.3, -0.25) is 4.79 Å². The maximum absolute atomic E-state index is 10.7. The topological polar surface area (TPSA) is 86.6 Å². The molecule has 66 valence electrons. The molecule has 0 unspecified atom stereocenters. The average Bonchev–Trinajstić information content (AvgIpc) is 2.00. The highest BCUT2D eigenvalue weighted by Crippen LogP contribution is 1.81. The summed E-state index contributed by atoms with van der Waals surface area (Å²) in [6.45, 7) is 0.806. The Kier molecular flexibility index (Phi) is 4.49. The van der Waals surface area contributed by atoms with Gasteiger partial charge in [-0.05, 0) is 12.8 Å². The van der Waals surface area contributed by atoms with Gasteiger partial charge in [0, 0.05) is 0 Å². The van der Waals surface area contributed by atoms with Crippen molar-refractivity contribution in [2.24, 2.45) is 0 Å². The predicted octanol–water partition coefficient (Wildman–Crippen LogP) is -1.43. The highest BCUT2D eigenvalue weighted by atomic mass is 16.4. The van der Waals surface area contributed by atoms with Crippen LogP contribution in [0.15, 0.2) is 0 Å². The molecule has 5 heteroatoms. The first-order valence-electron chi connectivity index (χ1n) is 3.18. The minimum atomic E-state index is -1.29. The molecule has 0 aromatic heterocycles. The van der Waals surface area contributed by atoms with Crippen LogP contribution in [0.4, 0.5) is 0 Å². The summed E-state index contributed by atoms with van der Waals surface area (Å²) >= 11 is 0. The van der Waals surface area contributed by atoms with Crippen molar-refractivity contribution in [3.63, 3.8) is 0 Å². The van der Waals surface area contributed by atoms with Gasteiger partial charge in [-0.15, -0.1) is 0 Å². The molecule has 0 aliphatic rings. The minimum absolute atomic E-state index is 0.646. The van der Waals surface area contributed by atoms with Crippen molar-refractivity contribution in [1.82, 2.24) is 5.32 Å². The standard InChI is InChI=1S/C7H9NO4/c1-2-3-6(10)8-5(4-9)7(11)12/h5,9H,4H2,1H3,(H,8,10)(H,11,12)/t5-/m0/s1. The van der Waals surface area contributed by atoms with Gasteiger partial charge < -0.3 is 15.5 Å². The first-order valence-corrected chi connectivity index (χ1v) is 3.18. The SMILES string of the molecule is CC#CC(=O)N[C@@H](CO)C(=O)O. The second-order valence-corrected chi connectivity index (χ2v) is 1.92. The lowest BCUT2D eigenvalue weighted by Gasteiger charge is -2.07. The van der Waals surface area contributed by atoms with Crippen LogP contribution in [0.25, 0.3) is 0 Å². The van der Waals surface area contributed by atoms with E-state index in [0.29, 0.717) is 0 Å². The highest BCUT2D eigenvalue weighted by molar-refractivity contribution is 5.95. The van der Waals surface area contributed by atoms with E-state index >= 15 is 0 Å². The molecule has 1 amide bonds. The lowest BCUT2D eigenvalue weighted by Crippen LogP contribution is -2.42. The lowest BCUT2D eigenvalue weighted by atomic mass is 10.3. The summed E-state index contributed by atoms with van der Waals surface area (Å²) < 4.78 is 0. The molecule has 0 spiro atoms. The second kappa shape index (κ2) is 5.16. The average molecular weight is 171 g/mol. The van der Waals surface area contributed by atoms with E-state index in [4.69, 9.17) is 10.2 Å². The number of aliphatic carboxylic acids is 1. The van der Waals surface area contributed by atoms with Crippen LogP contribution in [-0.4, -0.2) is 34.7 Å². The van der Waals surface area contributed by atoms with Crippen molar-refractivity contribution >= 4 is 11.9 Å². The largest absolute Gasteiger partial charge is 0.480 e. The first kappa shape index (κ1) is 10.5. The van der Waals surface area contributed by atoms with Crippen LogP contribution < -0.4 is 5.32 Å². The van der Waals surface area contributed by atoms with Crippen molar-refractivity contribution in [1.29, 1.82) is 0 Å². The molecule has 0 heterocycles. The third-order valence-electron chi connectivity index (χ3n) is 1.02. The quantitative estimate of drug-likeness (QED) is 0.454. The molecule has 12 heavy (non-hydrogen) atoms. The molecule has 0 radical (unpaired) electrons. The molecule has 0 bridgehead atoms. The molecule has 0 aliphatic carbocycles. The fraction of sp³-hybridized carbons (Fsp3) is 0.429. The summed E-state index contributed by atoms with van der Waals surface area (Å²) in [6, 6.07) is -1.28. The van der Waals surface area contributed by atoms with Gasteiger partial charge in [-0.2, -0.15) is 0 Å². The fourth-order valence-corrected chi connectivity index (χ4v) is 0.493. The molecule has 3 N–H and O–H groups in total. The molecule has 1 atom stereocenters. The second-order valence-electron chi connectivity index (χ2n) is 1.92. The zero-order chi connectivity index (χ0) is 9.56. The van der Waals surface area contributed by atoms with Crippen LogP contribution in [-0.2, 0) is 9.59 Å². The Hall–Kier alpha value is -1.54. The van der Waals surface area contributed by atoms with Gasteiger partial charge in [0.1, 0.15) is 0 Å². The maximum atomic E-state index is 10.7. The number of aliphatic hydroxyl groups excluding tert-OH is 1. The van der Waals surface area contributed by atoms with E-state index in [1.54, 1.807) is 0 Å². The lowest BCUT2D eigenvalue weighted by molar-refractivity contribution is -0.142. The van der Waals surface area contributed by atoms with E-state index in [0.717, 1.165) is 0 Å². The van der Waals surface area contributed by atoms with Crippen LogP contribution >= 0.6 is 0 Å². The number of hydrogen-bond acceptors (Lipinski definition) is 3. The van der Waals surface area contributed by atoms with Crippen molar-refractivity contribution in [2.75, 3.05) is 6.61 Å². The maximum Gasteiger partial charge on any atom is 0.328 e. The smallest absolute Gasteiger partial charge is 0.328 e. The van der Waals surface area contributed by atoms with Gasteiger partial charge in [0.15, 0.2) is 6.04 Å². The van der Waals surface area contributed by atoms with Crippen LogP contribution in [0.1, 0.15) is 6.92 Å². The van der Waals surface area contributed by atoms with E-state index in [9.17, 15) is 9.59 Å². The number of aliphatic hydroxyl groups is 1. The van der Waals surface area contributed by atoms with Gasteiger partial charge in [0.05, 0.1) is 6.61 Å². The van der Waals surface area contributed by atoms with Crippen LogP contribution in [0.5, 0.6) is 0 Å². The Balaban J connectivity index is 4.09. The number of carboxylic acid groups (broad SMARTS) is 1. The molecule has 0 aromatic rings. The number of rotatable bonds is 3. The van der Waals surface area contributed by atoms with E-state index in [1.165, 1.54) is 6.92 Å². The Labute approximate surface area is 69.4 Å². The molecule has 5 nitrogen and oxygen atoms in total. The number of carbonyl (C=O) groups is 2. The van der Waals surface area contributed by atoms with Crippen molar-refractivity contribution < 1.29 is 19.8 Å². The molecule has 0 aromatic carbocycles. The number of carbonyl (C=O) groups excluding carboxylic acids is 1. The summed E-state index contributed by atoms with van der Waals surface area (Å²) in [5.41, 5.74) is 0. The predicted molar refractivity (Wildman–Crippen MR) is 40.1 cm³/mol. The summed E-state index contributed by atoms with van der Waals surface area (Å²) in [4.78, 5) is 20.9. The monoisotopic (exact) mass is 171 g/mol. The van der Waals surface area contributed by atoms with Crippen LogP contribution in [0, 0.1) is 11.8 Å². The Morgan fingerprint density at radius 3 is 2.50 bits per heavy atom. The van der Waals surface area contributed by atoms with Gasteiger partial charge in [0.25, 0.3) is 5.91 Å². The minimum Gasteiger partial charge on any atom is -0.480 e. The van der Waals surface area contributed by atoms with Crippen LogP contribution in [0.3, 0.4) is 0 Å².